The fourth-order valence-corrected chi connectivity index (χ4v) is 2.38. The molecule has 4 rings (SSSR count). The topological polar surface area (TPSA) is 96.5 Å². The summed E-state index contributed by atoms with van der Waals surface area (Å²) in [7, 11) is 0. The van der Waals surface area contributed by atoms with E-state index in [2.05, 4.69) is 10.1 Å². The molecule has 7 nitrogen and oxygen atoms in total. The minimum atomic E-state index is 0.171. The first-order valence-corrected chi connectivity index (χ1v) is 6.24. The van der Waals surface area contributed by atoms with Crippen LogP contribution in [0.2, 0.25) is 0 Å². The molecule has 1 aliphatic rings. The van der Waals surface area contributed by atoms with E-state index in [4.69, 9.17) is 24.1 Å². The molecule has 0 saturated heterocycles. The summed E-state index contributed by atoms with van der Waals surface area (Å²) in [6, 6.07) is 1.73. The second-order valence-electron chi connectivity index (χ2n) is 4.48. The lowest BCUT2D eigenvalue weighted by molar-refractivity contribution is 0.281. The van der Waals surface area contributed by atoms with Crippen LogP contribution >= 0.6 is 0 Å². The highest BCUT2D eigenvalue weighted by Crippen LogP contribution is 2.43. The quantitative estimate of drug-likeness (QED) is 0.766. The van der Waals surface area contributed by atoms with E-state index in [-0.39, 0.29) is 6.08 Å². The van der Waals surface area contributed by atoms with Gasteiger partial charge in [-0.15, -0.1) is 0 Å². The van der Waals surface area contributed by atoms with Crippen molar-refractivity contribution in [3.63, 3.8) is 0 Å². The van der Waals surface area contributed by atoms with Crippen LogP contribution in [0.1, 0.15) is 12.0 Å². The van der Waals surface area contributed by atoms with Crippen molar-refractivity contribution in [1.82, 2.24) is 10.1 Å². The van der Waals surface area contributed by atoms with Crippen LogP contribution in [-0.2, 0) is 6.42 Å². The van der Waals surface area contributed by atoms with Gasteiger partial charge in [-0.1, -0.05) is 5.16 Å². The van der Waals surface area contributed by atoms with Crippen molar-refractivity contribution in [1.29, 1.82) is 0 Å². The standard InChI is InChI=1S/C13H11N3O4/c14-12-10-9(20-16-12)6-8(19-13-15-3-5-18-13)7-2-1-4-17-11(7)10/h3,5-6H,1-2,4H2,(H2,14,16). The molecule has 20 heavy (non-hydrogen) atoms. The lowest BCUT2D eigenvalue weighted by atomic mass is 10.0. The fourth-order valence-electron chi connectivity index (χ4n) is 2.38. The summed E-state index contributed by atoms with van der Waals surface area (Å²) < 4.78 is 21.7. The van der Waals surface area contributed by atoms with Crippen molar-refractivity contribution in [3.05, 3.63) is 24.1 Å². The van der Waals surface area contributed by atoms with Gasteiger partial charge >= 0.3 is 6.08 Å². The monoisotopic (exact) mass is 273 g/mol. The van der Waals surface area contributed by atoms with Gasteiger partial charge in [-0.25, -0.2) is 0 Å². The van der Waals surface area contributed by atoms with Gasteiger partial charge in [0.2, 0.25) is 0 Å². The van der Waals surface area contributed by atoms with Crippen LogP contribution in [-0.4, -0.2) is 16.7 Å². The van der Waals surface area contributed by atoms with Crippen LogP contribution in [0.25, 0.3) is 11.0 Å². The van der Waals surface area contributed by atoms with E-state index in [1.165, 1.54) is 12.5 Å². The van der Waals surface area contributed by atoms with Crippen LogP contribution in [0.4, 0.5) is 5.82 Å². The molecule has 3 aromatic rings. The Morgan fingerprint density at radius 1 is 1.35 bits per heavy atom. The number of nitrogens with zero attached hydrogens (tertiary/aromatic N) is 2. The van der Waals surface area contributed by atoms with Crippen LogP contribution in [0.3, 0.4) is 0 Å². The maximum absolute atomic E-state index is 5.83. The van der Waals surface area contributed by atoms with Crippen LogP contribution < -0.4 is 15.2 Å². The third kappa shape index (κ3) is 1.59. The summed E-state index contributed by atoms with van der Waals surface area (Å²) >= 11 is 0. The summed E-state index contributed by atoms with van der Waals surface area (Å²) in [5, 5.41) is 4.46. The van der Waals surface area contributed by atoms with Crippen molar-refractivity contribution in [3.8, 4) is 17.6 Å². The smallest absolute Gasteiger partial charge is 0.399 e. The van der Waals surface area contributed by atoms with Gasteiger partial charge in [-0.2, -0.15) is 4.98 Å². The number of ether oxygens (including phenoxy) is 2. The summed E-state index contributed by atoms with van der Waals surface area (Å²) in [6.45, 7) is 0.634. The van der Waals surface area contributed by atoms with Crippen LogP contribution in [0.15, 0.2) is 27.5 Å². The van der Waals surface area contributed by atoms with Crippen molar-refractivity contribution in [2.45, 2.75) is 12.8 Å². The Balaban J connectivity index is 1.92. The summed E-state index contributed by atoms with van der Waals surface area (Å²) in [5.74, 6) is 1.58. The molecule has 1 aliphatic heterocycles. The van der Waals surface area contributed by atoms with Gasteiger partial charge in [-0.3, -0.25) is 0 Å². The minimum absolute atomic E-state index is 0.171. The van der Waals surface area contributed by atoms with E-state index in [0.29, 0.717) is 34.9 Å². The molecule has 7 heteroatoms. The van der Waals surface area contributed by atoms with Gasteiger partial charge in [0.05, 0.1) is 12.8 Å². The Kier molecular flexibility index (Phi) is 2.32. The SMILES string of the molecule is Nc1noc2cc(Oc3ncco3)c3c(c12)OCCC3. The Hall–Kier alpha value is -2.70. The van der Waals surface area contributed by atoms with E-state index >= 15 is 0 Å². The Morgan fingerprint density at radius 3 is 3.15 bits per heavy atom. The zero-order chi connectivity index (χ0) is 13.5. The van der Waals surface area contributed by atoms with E-state index in [9.17, 15) is 0 Å². The average Bonchev–Trinajstić information content (AvgIpc) is 3.09. The van der Waals surface area contributed by atoms with Crippen LogP contribution in [0.5, 0.6) is 17.6 Å². The molecule has 1 aromatic carbocycles. The Bertz CT molecular complexity index is 764. The summed E-state index contributed by atoms with van der Waals surface area (Å²) in [4.78, 5) is 3.95. The van der Waals surface area contributed by atoms with Gasteiger partial charge in [0.15, 0.2) is 11.4 Å². The van der Waals surface area contributed by atoms with E-state index in [1.807, 2.05) is 0 Å². The molecule has 0 amide bonds. The molecule has 0 spiro atoms. The van der Waals surface area contributed by atoms with Gasteiger partial charge in [0, 0.05) is 11.6 Å². The third-order valence-electron chi connectivity index (χ3n) is 3.23. The van der Waals surface area contributed by atoms with Gasteiger partial charge in [-0.05, 0) is 12.8 Å². The van der Waals surface area contributed by atoms with Crippen molar-refractivity contribution in [2.75, 3.05) is 12.3 Å². The highest BCUT2D eigenvalue weighted by atomic mass is 16.6. The molecule has 0 bridgehead atoms. The Morgan fingerprint density at radius 2 is 2.30 bits per heavy atom. The van der Waals surface area contributed by atoms with Gasteiger partial charge in [0.25, 0.3) is 0 Å². The maximum atomic E-state index is 5.83. The number of fused-ring (bicyclic) bond motifs is 3. The number of nitrogen functional groups attached to an aromatic ring is 1. The predicted octanol–water partition coefficient (Wildman–Crippen LogP) is 2.52. The molecule has 0 fully saturated rings. The molecule has 0 atom stereocenters. The number of rotatable bonds is 2. The molecule has 0 unspecified atom stereocenters. The molecular formula is C13H11N3O4. The maximum Gasteiger partial charge on any atom is 0.399 e. The number of oxazole rings is 1. The lowest BCUT2D eigenvalue weighted by Crippen LogP contribution is -2.10. The Labute approximate surface area is 113 Å². The number of anilines is 1. The molecular weight excluding hydrogens is 262 g/mol. The first-order chi connectivity index (χ1) is 9.83. The van der Waals surface area contributed by atoms with E-state index in [0.717, 1.165) is 18.4 Å². The molecule has 2 aromatic heterocycles. The number of hydrogen-bond acceptors (Lipinski definition) is 7. The van der Waals surface area contributed by atoms with Gasteiger partial charge in [0.1, 0.15) is 23.1 Å². The number of nitrogens with two attached hydrogens (primary N) is 1. The second kappa shape index (κ2) is 4.16. The molecule has 102 valence electrons. The fraction of sp³-hybridized carbons (Fsp3) is 0.231. The first kappa shape index (κ1) is 11.2. The number of hydrogen-bond donors (Lipinski definition) is 1. The molecule has 2 N–H and O–H groups in total. The zero-order valence-electron chi connectivity index (χ0n) is 10.5. The number of benzene rings is 1. The third-order valence-corrected chi connectivity index (χ3v) is 3.23. The zero-order valence-corrected chi connectivity index (χ0v) is 10.5. The summed E-state index contributed by atoms with van der Waals surface area (Å²) in [5.41, 5.74) is 7.28. The van der Waals surface area contributed by atoms with Crippen LogP contribution in [0, 0.1) is 0 Å². The molecule has 0 radical (unpaired) electrons. The van der Waals surface area contributed by atoms with Crippen molar-refractivity contribution in [2.24, 2.45) is 0 Å². The highest BCUT2D eigenvalue weighted by molar-refractivity contribution is 5.95. The second-order valence-corrected chi connectivity index (χ2v) is 4.48. The van der Waals surface area contributed by atoms with E-state index in [1.54, 1.807) is 6.07 Å². The molecule has 3 heterocycles. The largest absolute Gasteiger partial charge is 0.492 e. The lowest BCUT2D eigenvalue weighted by Gasteiger charge is -2.19. The minimum Gasteiger partial charge on any atom is -0.492 e. The van der Waals surface area contributed by atoms with Crippen molar-refractivity contribution < 1.29 is 18.4 Å². The predicted molar refractivity (Wildman–Crippen MR) is 68.8 cm³/mol. The number of aromatic nitrogens is 2. The van der Waals surface area contributed by atoms with Crippen molar-refractivity contribution >= 4 is 16.8 Å². The molecule has 0 aliphatic carbocycles. The highest BCUT2D eigenvalue weighted by Gasteiger charge is 2.24. The van der Waals surface area contributed by atoms with Gasteiger partial charge < -0.3 is 24.1 Å². The summed E-state index contributed by atoms with van der Waals surface area (Å²) in [6.07, 6.45) is 4.87. The average molecular weight is 273 g/mol. The van der Waals surface area contributed by atoms with E-state index < -0.39 is 0 Å². The molecule has 0 saturated carbocycles. The normalized spacial score (nSPS) is 14.0. The first-order valence-electron chi connectivity index (χ1n) is 6.24.